The van der Waals surface area contributed by atoms with Crippen molar-refractivity contribution in [3.05, 3.63) is 75.8 Å². The van der Waals surface area contributed by atoms with Gasteiger partial charge in [0, 0.05) is 23.7 Å². The number of anilines is 1. The van der Waals surface area contributed by atoms with Crippen molar-refractivity contribution in [1.82, 2.24) is 4.90 Å². The fraction of sp³-hybridized carbons (Fsp3) is 0.300. The summed E-state index contributed by atoms with van der Waals surface area (Å²) in [5, 5.41) is 2.99. The molecule has 0 saturated carbocycles. The number of ether oxygens (including phenoxy) is 4. The molecule has 11 nitrogen and oxygen atoms in total. The van der Waals surface area contributed by atoms with Gasteiger partial charge in [-0.25, -0.2) is 14.6 Å². The molecule has 1 N–H and O–H groups in total. The molecular weight excluding hydrogens is 562 g/mol. The Bertz CT molecular complexity index is 1500. The van der Waals surface area contributed by atoms with Crippen molar-refractivity contribution in [3.63, 3.8) is 0 Å². The van der Waals surface area contributed by atoms with Crippen LogP contribution < -0.4 is 14.8 Å². The van der Waals surface area contributed by atoms with E-state index in [4.69, 9.17) is 18.9 Å². The van der Waals surface area contributed by atoms with E-state index in [1.165, 1.54) is 37.3 Å². The second-order valence-corrected chi connectivity index (χ2v) is 10.1. The summed E-state index contributed by atoms with van der Waals surface area (Å²) in [5.74, 6) is -1.10. The molecule has 2 heterocycles. The number of thioether (sulfide) groups is 1. The highest BCUT2D eigenvalue weighted by molar-refractivity contribution is 8.18. The number of carbonyl (C=O) groups is 4. The summed E-state index contributed by atoms with van der Waals surface area (Å²) >= 11 is 1.01. The first-order valence-electron chi connectivity index (χ1n) is 13.2. The third kappa shape index (κ3) is 6.33. The summed E-state index contributed by atoms with van der Waals surface area (Å²) < 4.78 is 21.3. The van der Waals surface area contributed by atoms with Gasteiger partial charge in [0.1, 0.15) is 0 Å². The topological polar surface area (TPSA) is 133 Å². The van der Waals surface area contributed by atoms with Gasteiger partial charge in [-0.3, -0.25) is 14.5 Å². The van der Waals surface area contributed by atoms with Crippen molar-refractivity contribution >= 4 is 46.4 Å². The first-order valence-corrected chi connectivity index (χ1v) is 14.0. The Morgan fingerprint density at radius 3 is 2.31 bits per heavy atom. The Kier molecular flexibility index (Phi) is 9.68. The number of rotatable bonds is 10. The Morgan fingerprint density at radius 2 is 1.67 bits per heavy atom. The zero-order valence-corrected chi connectivity index (χ0v) is 24.7. The fourth-order valence-corrected chi connectivity index (χ4v) is 5.61. The number of amides is 2. The van der Waals surface area contributed by atoms with Crippen molar-refractivity contribution in [2.75, 3.05) is 32.8 Å². The van der Waals surface area contributed by atoms with Crippen LogP contribution in [-0.4, -0.2) is 67.3 Å². The maximum Gasteiger partial charge on any atom is 0.338 e. The summed E-state index contributed by atoms with van der Waals surface area (Å²) in [7, 11) is 3.04. The monoisotopic (exact) mass is 593 g/mol. The van der Waals surface area contributed by atoms with Gasteiger partial charge in [-0.1, -0.05) is 12.1 Å². The highest BCUT2D eigenvalue weighted by Crippen LogP contribution is 2.39. The van der Waals surface area contributed by atoms with Crippen LogP contribution in [0.25, 0.3) is 0 Å². The Morgan fingerprint density at radius 1 is 0.976 bits per heavy atom. The van der Waals surface area contributed by atoms with Crippen molar-refractivity contribution in [1.29, 1.82) is 0 Å². The summed E-state index contributed by atoms with van der Waals surface area (Å²) in [6.07, 6.45) is 1.41. The van der Waals surface area contributed by atoms with Gasteiger partial charge in [0.05, 0.1) is 55.2 Å². The highest BCUT2D eigenvalue weighted by Gasteiger charge is 2.42. The molecule has 42 heavy (non-hydrogen) atoms. The molecule has 2 aliphatic rings. The lowest BCUT2D eigenvalue weighted by Gasteiger charge is -2.38. The third-order valence-corrected chi connectivity index (χ3v) is 7.46. The largest absolute Gasteiger partial charge is 0.493 e. The lowest BCUT2D eigenvalue weighted by atomic mass is 9.94. The second kappa shape index (κ2) is 13.4. The Hall–Kier alpha value is -4.58. The highest BCUT2D eigenvalue weighted by atomic mass is 32.2. The number of benzene rings is 2. The van der Waals surface area contributed by atoms with Gasteiger partial charge in [0.2, 0.25) is 0 Å². The molecule has 2 aliphatic heterocycles. The molecule has 0 fully saturated rings. The average Bonchev–Trinajstić information content (AvgIpc) is 2.97. The van der Waals surface area contributed by atoms with Crippen LogP contribution >= 0.6 is 11.8 Å². The van der Waals surface area contributed by atoms with Gasteiger partial charge >= 0.3 is 11.9 Å². The minimum Gasteiger partial charge on any atom is -0.493 e. The van der Waals surface area contributed by atoms with Gasteiger partial charge in [-0.15, -0.1) is 0 Å². The van der Waals surface area contributed by atoms with E-state index in [0.717, 1.165) is 11.8 Å². The molecule has 0 unspecified atom stereocenters. The zero-order chi connectivity index (χ0) is 30.4. The van der Waals surface area contributed by atoms with Gasteiger partial charge in [0.25, 0.3) is 11.8 Å². The minimum atomic E-state index is -0.783. The van der Waals surface area contributed by atoms with Gasteiger partial charge in [-0.05, 0) is 62.9 Å². The number of esters is 2. The number of para-hydroxylation sites is 1. The molecule has 0 aromatic heterocycles. The summed E-state index contributed by atoms with van der Waals surface area (Å²) in [6.45, 7) is 5.48. The van der Waals surface area contributed by atoms with Crippen LogP contribution in [0.2, 0.25) is 0 Å². The molecule has 0 bridgehead atoms. The molecule has 12 heteroatoms. The lowest BCUT2D eigenvalue weighted by Crippen LogP contribution is -2.50. The number of aliphatic imine (C=N–C) groups is 1. The summed E-state index contributed by atoms with van der Waals surface area (Å²) in [4.78, 5) is 57.8. The maximum absolute atomic E-state index is 13.6. The number of nitrogens with zero attached hydrogens (tertiary/aromatic N) is 2. The van der Waals surface area contributed by atoms with Crippen LogP contribution in [0, 0.1) is 0 Å². The van der Waals surface area contributed by atoms with E-state index in [-0.39, 0.29) is 35.3 Å². The molecule has 2 aromatic carbocycles. The summed E-state index contributed by atoms with van der Waals surface area (Å²) in [6, 6.07) is 10.8. The molecule has 220 valence electrons. The number of amidine groups is 1. The smallest absolute Gasteiger partial charge is 0.338 e. The Balaban J connectivity index is 1.64. The zero-order valence-electron chi connectivity index (χ0n) is 23.9. The Labute approximate surface area is 247 Å². The molecule has 0 aliphatic carbocycles. The van der Waals surface area contributed by atoms with Crippen molar-refractivity contribution < 1.29 is 38.1 Å². The van der Waals surface area contributed by atoms with Crippen molar-refractivity contribution in [2.24, 2.45) is 4.99 Å². The van der Waals surface area contributed by atoms with E-state index in [2.05, 4.69) is 10.3 Å². The second-order valence-electron chi connectivity index (χ2n) is 9.06. The predicted molar refractivity (Wildman–Crippen MR) is 157 cm³/mol. The number of methoxy groups -OCH3 is 2. The number of carbonyl (C=O) groups excluding carboxylic acids is 4. The van der Waals surface area contributed by atoms with Gasteiger partial charge < -0.3 is 24.3 Å². The maximum atomic E-state index is 13.6. The third-order valence-electron chi connectivity index (χ3n) is 6.47. The number of hydrogen-bond acceptors (Lipinski definition) is 10. The van der Waals surface area contributed by atoms with Crippen LogP contribution in [0.15, 0.2) is 69.7 Å². The molecule has 0 saturated heterocycles. The van der Waals surface area contributed by atoms with E-state index < -0.39 is 29.8 Å². The standard InChI is InChI=1S/C30H31N3O8S/c1-6-40-28(36)18-11-13-20(14-12-18)32-27(35)23-16-24(34)33-21(15-19-9-8-10-22(38-4)26(19)39-5)25(29(37)41-7-2)17(3)31-30(33)42-23/h8-14,16,21H,6-7,15H2,1-5H3,(H,32,35)/t21-/m0/s1. The van der Waals surface area contributed by atoms with E-state index in [0.29, 0.717) is 34.0 Å². The molecule has 4 rings (SSSR count). The summed E-state index contributed by atoms with van der Waals surface area (Å²) in [5.41, 5.74) is 2.10. The van der Waals surface area contributed by atoms with Gasteiger partial charge in [0.15, 0.2) is 16.7 Å². The molecular formula is C30H31N3O8S. The predicted octanol–water partition coefficient (Wildman–Crippen LogP) is 4.10. The molecule has 0 spiro atoms. The number of fused-ring (bicyclic) bond motifs is 1. The van der Waals surface area contributed by atoms with Crippen molar-refractivity contribution in [3.8, 4) is 11.5 Å². The van der Waals surface area contributed by atoms with Crippen LogP contribution in [-0.2, 0) is 30.3 Å². The van der Waals surface area contributed by atoms with Crippen LogP contribution in [0.3, 0.4) is 0 Å². The van der Waals surface area contributed by atoms with E-state index in [1.807, 2.05) is 6.07 Å². The first-order chi connectivity index (χ1) is 20.2. The van der Waals surface area contributed by atoms with Crippen LogP contribution in [0.1, 0.15) is 36.7 Å². The van der Waals surface area contributed by atoms with E-state index >= 15 is 0 Å². The number of hydrogen-bond donors (Lipinski definition) is 1. The van der Waals surface area contributed by atoms with E-state index in [9.17, 15) is 19.2 Å². The lowest BCUT2D eigenvalue weighted by molar-refractivity contribution is -0.139. The quantitative estimate of drug-likeness (QED) is 0.404. The molecule has 2 amide bonds. The minimum absolute atomic E-state index is 0.120. The van der Waals surface area contributed by atoms with E-state index in [1.54, 1.807) is 45.0 Å². The molecule has 2 aromatic rings. The molecule has 0 radical (unpaired) electrons. The molecule has 1 atom stereocenters. The number of allylic oxidation sites excluding steroid dienone is 1. The van der Waals surface area contributed by atoms with Crippen molar-refractivity contribution in [2.45, 2.75) is 33.2 Å². The van der Waals surface area contributed by atoms with Crippen LogP contribution in [0.5, 0.6) is 11.5 Å². The first kappa shape index (κ1) is 30.4. The van der Waals surface area contributed by atoms with Gasteiger partial charge in [-0.2, -0.15) is 0 Å². The fourth-order valence-electron chi connectivity index (χ4n) is 4.61. The normalized spacial score (nSPS) is 16.2. The number of nitrogens with one attached hydrogen (secondary N) is 1. The van der Waals surface area contributed by atoms with Crippen LogP contribution in [0.4, 0.5) is 5.69 Å². The SMILES string of the molecule is CCOC(=O)C1=C(C)N=C2SC(C(=O)Nc3ccc(C(=O)OCC)cc3)=CC(=O)N2[C@H]1Cc1cccc(OC)c1OC. The average molecular weight is 594 g/mol.